The Hall–Kier alpha value is -2.27. The van der Waals surface area contributed by atoms with Crippen molar-refractivity contribution >= 4 is 17.6 Å². The smallest absolute Gasteiger partial charge is 0.213 e. The molecule has 0 spiro atoms. The third kappa shape index (κ3) is 5.79. The van der Waals surface area contributed by atoms with E-state index in [1.807, 2.05) is 30.3 Å². The summed E-state index contributed by atoms with van der Waals surface area (Å²) in [6.45, 7) is 1.43. The molecule has 5 nitrogen and oxygen atoms in total. The van der Waals surface area contributed by atoms with Crippen molar-refractivity contribution in [3.63, 3.8) is 0 Å². The number of aromatic nitrogens is 1. The van der Waals surface area contributed by atoms with E-state index in [2.05, 4.69) is 26.7 Å². The second-order valence-electron chi connectivity index (χ2n) is 4.94. The van der Waals surface area contributed by atoms with Gasteiger partial charge in [0.25, 0.3) is 0 Å². The molecular formula is C17H21ClN4O. The summed E-state index contributed by atoms with van der Waals surface area (Å²) in [5.41, 5.74) is 2.27. The van der Waals surface area contributed by atoms with Crippen LogP contribution < -0.4 is 15.4 Å². The summed E-state index contributed by atoms with van der Waals surface area (Å²) in [5, 5.41) is 7.31. The first-order chi connectivity index (χ1) is 11.2. The van der Waals surface area contributed by atoms with Crippen molar-refractivity contribution in [2.45, 2.75) is 13.0 Å². The number of aliphatic imine (C=N–C) groups is 1. The minimum Gasteiger partial charge on any atom is -0.481 e. The molecule has 2 aromatic rings. The monoisotopic (exact) mass is 332 g/mol. The first-order valence-electron chi connectivity index (χ1n) is 7.39. The van der Waals surface area contributed by atoms with E-state index in [-0.39, 0.29) is 0 Å². The zero-order valence-corrected chi connectivity index (χ0v) is 14.1. The Morgan fingerprint density at radius 2 is 2.09 bits per heavy atom. The number of nitrogens with zero attached hydrogens (tertiary/aromatic N) is 2. The van der Waals surface area contributed by atoms with Gasteiger partial charge in [0, 0.05) is 37.4 Å². The zero-order valence-electron chi connectivity index (χ0n) is 13.3. The molecule has 0 saturated heterocycles. The fourth-order valence-corrected chi connectivity index (χ4v) is 2.31. The maximum absolute atomic E-state index is 5.98. The molecular weight excluding hydrogens is 312 g/mol. The predicted octanol–water partition coefficient (Wildman–Crippen LogP) is 2.65. The van der Waals surface area contributed by atoms with Gasteiger partial charge in [0.05, 0.1) is 7.11 Å². The van der Waals surface area contributed by atoms with Crippen LogP contribution in [-0.4, -0.2) is 31.6 Å². The van der Waals surface area contributed by atoms with E-state index >= 15 is 0 Å². The highest BCUT2D eigenvalue weighted by Gasteiger charge is 2.01. The lowest BCUT2D eigenvalue weighted by Gasteiger charge is -2.12. The third-order valence-corrected chi connectivity index (χ3v) is 3.52. The summed E-state index contributed by atoms with van der Waals surface area (Å²) in [5.74, 6) is 1.36. The molecule has 2 rings (SSSR count). The van der Waals surface area contributed by atoms with Crippen LogP contribution in [0.15, 0.2) is 47.6 Å². The average molecular weight is 333 g/mol. The van der Waals surface area contributed by atoms with Gasteiger partial charge in [0.15, 0.2) is 5.96 Å². The highest BCUT2D eigenvalue weighted by atomic mass is 35.5. The zero-order chi connectivity index (χ0) is 16.5. The molecule has 0 fully saturated rings. The number of rotatable bonds is 6. The fourth-order valence-electron chi connectivity index (χ4n) is 2.10. The van der Waals surface area contributed by atoms with E-state index < -0.39 is 0 Å². The second-order valence-corrected chi connectivity index (χ2v) is 5.38. The van der Waals surface area contributed by atoms with E-state index in [9.17, 15) is 0 Å². The van der Waals surface area contributed by atoms with Crippen molar-refractivity contribution in [1.29, 1.82) is 0 Å². The number of methoxy groups -OCH3 is 1. The SMILES string of the molecule is CN=C(NCCc1cccc(Cl)c1)NCc1ccnc(OC)c1. The molecule has 1 aromatic carbocycles. The number of guanidine groups is 1. The van der Waals surface area contributed by atoms with Crippen LogP contribution in [0.5, 0.6) is 5.88 Å². The van der Waals surface area contributed by atoms with Crippen molar-refractivity contribution in [3.8, 4) is 5.88 Å². The molecule has 0 bridgehead atoms. The molecule has 122 valence electrons. The summed E-state index contributed by atoms with van der Waals surface area (Å²) < 4.78 is 5.12. The molecule has 0 unspecified atom stereocenters. The lowest BCUT2D eigenvalue weighted by Crippen LogP contribution is -2.37. The Kier molecular flexibility index (Phi) is 6.69. The van der Waals surface area contributed by atoms with Crippen LogP contribution in [0.3, 0.4) is 0 Å². The molecule has 0 radical (unpaired) electrons. The summed E-state index contributed by atoms with van der Waals surface area (Å²) in [6.07, 6.45) is 2.61. The largest absolute Gasteiger partial charge is 0.481 e. The van der Waals surface area contributed by atoms with Crippen LogP contribution in [0.4, 0.5) is 0 Å². The van der Waals surface area contributed by atoms with E-state index in [1.54, 1.807) is 20.4 Å². The Labute approximate surface area is 141 Å². The van der Waals surface area contributed by atoms with Crippen molar-refractivity contribution in [3.05, 3.63) is 58.7 Å². The minimum absolute atomic E-state index is 0.605. The van der Waals surface area contributed by atoms with Crippen molar-refractivity contribution in [1.82, 2.24) is 15.6 Å². The predicted molar refractivity (Wildman–Crippen MR) is 94.1 cm³/mol. The standard InChI is InChI=1S/C17H21ClN4O/c1-19-17(21-9-6-13-4-3-5-15(18)10-13)22-12-14-7-8-20-16(11-14)23-2/h3-5,7-8,10-11H,6,9,12H2,1-2H3,(H2,19,21,22). The van der Waals surface area contributed by atoms with Gasteiger partial charge in [0.1, 0.15) is 0 Å². The summed E-state index contributed by atoms with van der Waals surface area (Å²) in [7, 11) is 3.36. The quantitative estimate of drug-likeness (QED) is 0.630. The van der Waals surface area contributed by atoms with Gasteiger partial charge in [-0.3, -0.25) is 4.99 Å². The van der Waals surface area contributed by atoms with Crippen LogP contribution in [0.25, 0.3) is 0 Å². The van der Waals surface area contributed by atoms with Gasteiger partial charge in [-0.25, -0.2) is 4.98 Å². The maximum Gasteiger partial charge on any atom is 0.213 e. The lowest BCUT2D eigenvalue weighted by molar-refractivity contribution is 0.397. The van der Waals surface area contributed by atoms with Crippen LogP contribution in [0, 0.1) is 0 Å². The summed E-state index contributed by atoms with van der Waals surface area (Å²) >= 11 is 5.98. The summed E-state index contributed by atoms with van der Waals surface area (Å²) in [4.78, 5) is 8.30. The Morgan fingerprint density at radius 1 is 1.22 bits per heavy atom. The molecule has 2 N–H and O–H groups in total. The van der Waals surface area contributed by atoms with Crippen LogP contribution in [-0.2, 0) is 13.0 Å². The number of hydrogen-bond donors (Lipinski definition) is 2. The second kappa shape index (κ2) is 9.00. The molecule has 0 aliphatic heterocycles. The normalized spacial score (nSPS) is 11.2. The third-order valence-electron chi connectivity index (χ3n) is 3.29. The van der Waals surface area contributed by atoms with Gasteiger partial charge in [-0.2, -0.15) is 0 Å². The van der Waals surface area contributed by atoms with E-state index in [0.717, 1.165) is 29.5 Å². The number of benzene rings is 1. The Balaban J connectivity index is 1.79. The van der Waals surface area contributed by atoms with E-state index in [1.165, 1.54) is 5.56 Å². The van der Waals surface area contributed by atoms with Gasteiger partial charge in [-0.15, -0.1) is 0 Å². The highest BCUT2D eigenvalue weighted by Crippen LogP contribution is 2.10. The molecule has 0 aliphatic carbocycles. The average Bonchev–Trinajstić information content (AvgIpc) is 2.58. The fraction of sp³-hybridized carbons (Fsp3) is 0.294. The van der Waals surface area contributed by atoms with E-state index in [0.29, 0.717) is 12.4 Å². The van der Waals surface area contributed by atoms with Gasteiger partial charge in [-0.05, 0) is 35.7 Å². The van der Waals surface area contributed by atoms with Gasteiger partial charge >= 0.3 is 0 Å². The summed E-state index contributed by atoms with van der Waals surface area (Å²) in [6, 6.07) is 11.7. The molecule has 1 aromatic heterocycles. The first kappa shape index (κ1) is 17.1. The molecule has 6 heteroatoms. The Morgan fingerprint density at radius 3 is 2.83 bits per heavy atom. The number of nitrogens with one attached hydrogen (secondary N) is 2. The minimum atomic E-state index is 0.605. The number of hydrogen-bond acceptors (Lipinski definition) is 3. The topological polar surface area (TPSA) is 58.5 Å². The Bertz CT molecular complexity index is 661. The van der Waals surface area contributed by atoms with Crippen molar-refractivity contribution in [2.24, 2.45) is 4.99 Å². The van der Waals surface area contributed by atoms with Crippen molar-refractivity contribution < 1.29 is 4.74 Å². The van der Waals surface area contributed by atoms with Crippen LogP contribution in [0.1, 0.15) is 11.1 Å². The number of pyridine rings is 1. The molecule has 0 atom stereocenters. The van der Waals surface area contributed by atoms with Crippen LogP contribution >= 0.6 is 11.6 Å². The molecule has 0 saturated carbocycles. The van der Waals surface area contributed by atoms with E-state index in [4.69, 9.17) is 16.3 Å². The molecule has 0 aliphatic rings. The molecule has 23 heavy (non-hydrogen) atoms. The van der Waals surface area contributed by atoms with Gasteiger partial charge < -0.3 is 15.4 Å². The lowest BCUT2D eigenvalue weighted by atomic mass is 10.1. The maximum atomic E-state index is 5.98. The van der Waals surface area contributed by atoms with Gasteiger partial charge in [-0.1, -0.05) is 23.7 Å². The van der Waals surface area contributed by atoms with Gasteiger partial charge in [0.2, 0.25) is 5.88 Å². The van der Waals surface area contributed by atoms with Crippen molar-refractivity contribution in [2.75, 3.05) is 20.7 Å². The number of ether oxygens (including phenoxy) is 1. The highest BCUT2D eigenvalue weighted by molar-refractivity contribution is 6.30. The number of halogens is 1. The molecule has 1 heterocycles. The van der Waals surface area contributed by atoms with Crippen LogP contribution in [0.2, 0.25) is 5.02 Å². The first-order valence-corrected chi connectivity index (χ1v) is 7.77. The molecule has 0 amide bonds.